The van der Waals surface area contributed by atoms with Crippen LogP contribution in [-0.4, -0.2) is 18.6 Å². The van der Waals surface area contributed by atoms with Crippen LogP contribution < -0.4 is 11.1 Å². The molecule has 0 unspecified atom stereocenters. The summed E-state index contributed by atoms with van der Waals surface area (Å²) in [5.41, 5.74) is 6.52. The number of hydrogen-bond acceptors (Lipinski definition) is 2. The average Bonchev–Trinajstić information content (AvgIpc) is 2.77. The van der Waals surface area contributed by atoms with Gasteiger partial charge in [-0.3, -0.25) is 0 Å². The zero-order valence-corrected chi connectivity index (χ0v) is 10.2. The lowest BCUT2D eigenvalue weighted by molar-refractivity contribution is 0.330. The Morgan fingerprint density at radius 3 is 2.29 bits per heavy atom. The van der Waals surface area contributed by atoms with Gasteiger partial charge in [-0.1, -0.05) is 13.8 Å². The molecule has 0 aliphatic heterocycles. The Hall–Kier alpha value is -0.0800. The summed E-state index contributed by atoms with van der Waals surface area (Å²) < 4.78 is 0. The van der Waals surface area contributed by atoms with Gasteiger partial charge >= 0.3 is 0 Å². The van der Waals surface area contributed by atoms with E-state index in [9.17, 15) is 0 Å². The fourth-order valence-corrected chi connectivity index (χ4v) is 1.87. The summed E-state index contributed by atoms with van der Waals surface area (Å²) in [4.78, 5) is 0. The van der Waals surface area contributed by atoms with E-state index in [0.717, 1.165) is 18.9 Å². The molecule has 0 saturated heterocycles. The van der Waals surface area contributed by atoms with Gasteiger partial charge in [0, 0.05) is 12.1 Å². The molecule has 0 aromatic carbocycles. The monoisotopic (exact) mass is 198 g/mol. The van der Waals surface area contributed by atoms with Crippen molar-refractivity contribution in [1.29, 1.82) is 0 Å². The molecule has 0 bridgehead atoms. The fraction of sp³-hybridized carbons (Fsp3) is 1.00. The van der Waals surface area contributed by atoms with E-state index in [1.54, 1.807) is 0 Å². The molecule has 0 atom stereocenters. The minimum Gasteiger partial charge on any atom is -0.326 e. The molecule has 14 heavy (non-hydrogen) atoms. The Bertz CT molecular complexity index is 175. The summed E-state index contributed by atoms with van der Waals surface area (Å²) in [6.45, 7) is 11.1. The number of nitrogens with two attached hydrogens (primary N) is 1. The highest BCUT2D eigenvalue weighted by Crippen LogP contribution is 2.51. The Balaban J connectivity index is 2.10. The van der Waals surface area contributed by atoms with E-state index in [4.69, 9.17) is 5.73 Å². The van der Waals surface area contributed by atoms with E-state index in [-0.39, 0.29) is 5.54 Å². The minimum atomic E-state index is -0.0262. The van der Waals surface area contributed by atoms with Crippen molar-refractivity contribution >= 4 is 0 Å². The molecule has 3 N–H and O–H groups in total. The molecule has 1 rings (SSSR count). The molecule has 1 aliphatic rings. The Morgan fingerprint density at radius 2 is 1.93 bits per heavy atom. The SMILES string of the molecule is CC(C)C1(CNCCC(C)(C)N)CC1. The minimum absolute atomic E-state index is 0.0262. The standard InChI is InChI=1S/C12H26N2/c1-10(2)12(5-6-12)9-14-8-7-11(3,4)13/h10,14H,5-9,13H2,1-4H3. The van der Waals surface area contributed by atoms with Crippen LogP contribution in [0, 0.1) is 11.3 Å². The van der Waals surface area contributed by atoms with E-state index in [1.165, 1.54) is 19.4 Å². The summed E-state index contributed by atoms with van der Waals surface area (Å²) in [7, 11) is 0. The zero-order chi connectivity index (χ0) is 10.8. The number of hydrogen-bond donors (Lipinski definition) is 2. The van der Waals surface area contributed by atoms with Crippen molar-refractivity contribution in [3.05, 3.63) is 0 Å². The molecule has 2 nitrogen and oxygen atoms in total. The summed E-state index contributed by atoms with van der Waals surface area (Å²) in [6, 6.07) is 0. The number of rotatable bonds is 6. The average molecular weight is 198 g/mol. The zero-order valence-electron chi connectivity index (χ0n) is 10.2. The fourth-order valence-electron chi connectivity index (χ4n) is 1.87. The predicted molar refractivity (Wildman–Crippen MR) is 62.3 cm³/mol. The molecule has 0 spiro atoms. The predicted octanol–water partition coefficient (Wildman–Crippen LogP) is 2.14. The Labute approximate surface area is 88.6 Å². The second kappa shape index (κ2) is 4.19. The van der Waals surface area contributed by atoms with Gasteiger partial charge in [-0.05, 0) is 51.0 Å². The van der Waals surface area contributed by atoms with Crippen LogP contribution in [0.4, 0.5) is 0 Å². The van der Waals surface area contributed by atoms with Gasteiger partial charge in [-0.15, -0.1) is 0 Å². The van der Waals surface area contributed by atoms with Crippen molar-refractivity contribution in [3.8, 4) is 0 Å². The van der Waals surface area contributed by atoms with Gasteiger partial charge in [-0.2, -0.15) is 0 Å². The van der Waals surface area contributed by atoms with Gasteiger partial charge in [-0.25, -0.2) is 0 Å². The van der Waals surface area contributed by atoms with Crippen LogP contribution in [0.2, 0.25) is 0 Å². The van der Waals surface area contributed by atoms with Crippen LogP contribution >= 0.6 is 0 Å². The highest BCUT2D eigenvalue weighted by atomic mass is 14.9. The van der Waals surface area contributed by atoms with Crippen LogP contribution in [0.25, 0.3) is 0 Å². The van der Waals surface area contributed by atoms with E-state index in [0.29, 0.717) is 5.41 Å². The Kier molecular flexibility index (Phi) is 3.59. The first kappa shape index (κ1) is 12.0. The quantitative estimate of drug-likeness (QED) is 0.642. The highest BCUT2D eigenvalue weighted by Gasteiger charge is 2.44. The molecular weight excluding hydrogens is 172 g/mol. The van der Waals surface area contributed by atoms with Crippen molar-refractivity contribution < 1.29 is 0 Å². The van der Waals surface area contributed by atoms with Crippen molar-refractivity contribution in [2.45, 2.75) is 52.5 Å². The van der Waals surface area contributed by atoms with Crippen molar-refractivity contribution in [3.63, 3.8) is 0 Å². The van der Waals surface area contributed by atoms with Crippen molar-refractivity contribution in [2.24, 2.45) is 17.1 Å². The molecule has 0 aromatic heterocycles. The molecule has 0 radical (unpaired) electrons. The molecule has 84 valence electrons. The third kappa shape index (κ3) is 3.58. The largest absolute Gasteiger partial charge is 0.326 e. The van der Waals surface area contributed by atoms with E-state index < -0.39 is 0 Å². The van der Waals surface area contributed by atoms with Crippen molar-refractivity contribution in [2.75, 3.05) is 13.1 Å². The lowest BCUT2D eigenvalue weighted by Crippen LogP contribution is -2.37. The van der Waals surface area contributed by atoms with Gasteiger partial charge in [0.1, 0.15) is 0 Å². The number of nitrogens with one attached hydrogen (secondary N) is 1. The van der Waals surface area contributed by atoms with Gasteiger partial charge in [0.25, 0.3) is 0 Å². The summed E-state index contributed by atoms with van der Waals surface area (Å²) in [6.07, 6.45) is 3.87. The molecule has 1 aliphatic carbocycles. The molecular formula is C12H26N2. The lowest BCUT2D eigenvalue weighted by Gasteiger charge is -2.22. The van der Waals surface area contributed by atoms with E-state index in [2.05, 4.69) is 33.0 Å². The third-order valence-corrected chi connectivity index (χ3v) is 3.54. The van der Waals surface area contributed by atoms with E-state index in [1.807, 2.05) is 0 Å². The van der Waals surface area contributed by atoms with Gasteiger partial charge in [0.15, 0.2) is 0 Å². The third-order valence-electron chi connectivity index (χ3n) is 3.54. The highest BCUT2D eigenvalue weighted by molar-refractivity contribution is 4.97. The van der Waals surface area contributed by atoms with Crippen molar-refractivity contribution in [1.82, 2.24) is 5.32 Å². The van der Waals surface area contributed by atoms with E-state index >= 15 is 0 Å². The Morgan fingerprint density at radius 1 is 1.36 bits per heavy atom. The molecule has 0 heterocycles. The van der Waals surface area contributed by atoms with Gasteiger partial charge in [0.05, 0.1) is 0 Å². The molecule has 1 fully saturated rings. The maximum absolute atomic E-state index is 5.92. The summed E-state index contributed by atoms with van der Waals surface area (Å²) in [5, 5.41) is 3.55. The smallest absolute Gasteiger partial charge is 0.0109 e. The molecule has 0 aromatic rings. The first-order valence-electron chi connectivity index (χ1n) is 5.85. The lowest BCUT2D eigenvalue weighted by atomic mass is 9.92. The van der Waals surface area contributed by atoms with Gasteiger partial charge < -0.3 is 11.1 Å². The maximum Gasteiger partial charge on any atom is 0.0109 e. The molecule has 2 heteroatoms. The van der Waals surface area contributed by atoms with Crippen LogP contribution in [0.5, 0.6) is 0 Å². The summed E-state index contributed by atoms with van der Waals surface area (Å²) >= 11 is 0. The summed E-state index contributed by atoms with van der Waals surface area (Å²) in [5.74, 6) is 0.820. The molecule has 1 saturated carbocycles. The first-order chi connectivity index (χ1) is 6.36. The van der Waals surface area contributed by atoms with Crippen LogP contribution in [-0.2, 0) is 0 Å². The van der Waals surface area contributed by atoms with Gasteiger partial charge in [0.2, 0.25) is 0 Å². The second-order valence-corrected chi connectivity index (χ2v) is 5.93. The first-order valence-corrected chi connectivity index (χ1v) is 5.85. The van der Waals surface area contributed by atoms with Crippen LogP contribution in [0.3, 0.4) is 0 Å². The topological polar surface area (TPSA) is 38.0 Å². The van der Waals surface area contributed by atoms with Crippen LogP contribution in [0.15, 0.2) is 0 Å². The molecule has 0 amide bonds. The van der Waals surface area contributed by atoms with Crippen LogP contribution in [0.1, 0.15) is 47.0 Å². The second-order valence-electron chi connectivity index (χ2n) is 5.93. The normalized spacial score (nSPS) is 20.1. The maximum atomic E-state index is 5.92.